The van der Waals surface area contributed by atoms with Crippen molar-refractivity contribution >= 4 is 23.2 Å². The molecule has 18 heavy (non-hydrogen) atoms. The van der Waals surface area contributed by atoms with Crippen molar-refractivity contribution in [1.82, 2.24) is 5.32 Å². The third-order valence-corrected chi connectivity index (χ3v) is 3.71. The quantitative estimate of drug-likeness (QED) is 0.895. The predicted molar refractivity (Wildman–Crippen MR) is 73.6 cm³/mol. The van der Waals surface area contributed by atoms with Crippen LogP contribution >= 0.6 is 23.2 Å². The smallest absolute Gasteiger partial charge is 0.142 e. The topological polar surface area (TPSA) is 41.5 Å². The summed E-state index contributed by atoms with van der Waals surface area (Å²) in [6.07, 6.45) is 1.72. The fourth-order valence-electron chi connectivity index (χ4n) is 2.18. The number of halogens is 2. The van der Waals surface area contributed by atoms with Crippen molar-refractivity contribution in [3.05, 3.63) is 27.7 Å². The van der Waals surface area contributed by atoms with Crippen molar-refractivity contribution in [3.8, 4) is 5.75 Å². The van der Waals surface area contributed by atoms with E-state index in [1.54, 1.807) is 6.07 Å². The number of rotatable bonds is 4. The van der Waals surface area contributed by atoms with Gasteiger partial charge in [-0.3, -0.25) is 0 Å². The molecule has 2 rings (SSSR count). The summed E-state index contributed by atoms with van der Waals surface area (Å²) in [5.41, 5.74) is 0.977. The normalized spacial score (nSPS) is 20.1. The number of aliphatic hydroxyl groups excluding tert-OH is 1. The predicted octanol–water partition coefficient (Wildman–Crippen LogP) is 3.18. The van der Waals surface area contributed by atoms with Gasteiger partial charge in [0.2, 0.25) is 0 Å². The van der Waals surface area contributed by atoms with Crippen molar-refractivity contribution in [2.24, 2.45) is 0 Å². The molecule has 0 spiro atoms. The van der Waals surface area contributed by atoms with Crippen LogP contribution in [0.4, 0.5) is 0 Å². The minimum Gasteiger partial charge on any atom is -0.492 e. The minimum absolute atomic E-state index is 0.0821. The number of hydrogen-bond acceptors (Lipinski definition) is 3. The molecule has 0 saturated carbocycles. The highest BCUT2D eigenvalue weighted by Crippen LogP contribution is 2.40. The van der Waals surface area contributed by atoms with Crippen molar-refractivity contribution in [2.75, 3.05) is 13.2 Å². The van der Waals surface area contributed by atoms with Gasteiger partial charge in [0.05, 0.1) is 18.2 Å². The fraction of sp³-hybridized carbons (Fsp3) is 0.538. The van der Waals surface area contributed by atoms with E-state index in [-0.39, 0.29) is 18.7 Å². The first-order valence-corrected chi connectivity index (χ1v) is 6.90. The lowest BCUT2D eigenvalue weighted by molar-refractivity contribution is 0.201. The van der Waals surface area contributed by atoms with Gasteiger partial charge in [-0.15, -0.1) is 0 Å². The second kappa shape index (κ2) is 6.11. The second-order valence-corrected chi connectivity index (χ2v) is 5.29. The molecule has 3 nitrogen and oxygen atoms in total. The van der Waals surface area contributed by atoms with E-state index in [9.17, 15) is 5.11 Å². The SMILES string of the molecule is CCC(CO)NC1CCOc2c(Cl)cc(Cl)cc21. The lowest BCUT2D eigenvalue weighted by Crippen LogP contribution is -2.37. The molecule has 2 unspecified atom stereocenters. The summed E-state index contributed by atoms with van der Waals surface area (Å²) in [7, 11) is 0. The number of fused-ring (bicyclic) bond motifs is 1. The molecule has 0 radical (unpaired) electrons. The van der Waals surface area contributed by atoms with E-state index in [1.807, 2.05) is 13.0 Å². The van der Waals surface area contributed by atoms with Gasteiger partial charge in [-0.25, -0.2) is 0 Å². The standard InChI is InChI=1S/C13H17Cl2NO2/c1-2-9(7-17)16-12-3-4-18-13-10(12)5-8(14)6-11(13)15/h5-6,9,12,16-17H,2-4,7H2,1H3. The summed E-state index contributed by atoms with van der Waals surface area (Å²) >= 11 is 12.2. The Balaban J connectivity index is 2.27. The van der Waals surface area contributed by atoms with E-state index >= 15 is 0 Å². The van der Waals surface area contributed by atoms with E-state index in [0.717, 1.165) is 18.4 Å². The zero-order chi connectivity index (χ0) is 13.1. The number of hydrogen-bond donors (Lipinski definition) is 2. The van der Waals surface area contributed by atoms with Crippen LogP contribution in [0, 0.1) is 0 Å². The average Bonchev–Trinajstić information content (AvgIpc) is 2.36. The zero-order valence-electron chi connectivity index (χ0n) is 10.2. The molecular weight excluding hydrogens is 273 g/mol. The molecule has 2 atom stereocenters. The van der Waals surface area contributed by atoms with Gasteiger partial charge in [-0.2, -0.15) is 0 Å². The van der Waals surface area contributed by atoms with E-state index < -0.39 is 0 Å². The van der Waals surface area contributed by atoms with Gasteiger partial charge in [0.15, 0.2) is 0 Å². The highest BCUT2D eigenvalue weighted by Gasteiger charge is 2.25. The van der Waals surface area contributed by atoms with Crippen LogP contribution in [-0.4, -0.2) is 24.4 Å². The summed E-state index contributed by atoms with van der Waals surface area (Å²) in [6, 6.07) is 3.78. The van der Waals surface area contributed by atoms with Gasteiger partial charge < -0.3 is 15.2 Å². The molecule has 0 saturated heterocycles. The number of aliphatic hydroxyl groups is 1. The molecule has 5 heteroatoms. The third kappa shape index (κ3) is 2.91. The molecule has 0 aliphatic carbocycles. The zero-order valence-corrected chi connectivity index (χ0v) is 11.8. The van der Waals surface area contributed by atoms with Crippen LogP contribution in [0.1, 0.15) is 31.4 Å². The Labute approximate surface area is 117 Å². The minimum atomic E-state index is 0.0821. The maximum Gasteiger partial charge on any atom is 0.142 e. The highest BCUT2D eigenvalue weighted by molar-refractivity contribution is 6.35. The van der Waals surface area contributed by atoms with Crippen LogP contribution in [0.3, 0.4) is 0 Å². The van der Waals surface area contributed by atoms with Gasteiger partial charge in [-0.05, 0) is 18.6 Å². The number of benzene rings is 1. The van der Waals surface area contributed by atoms with E-state index in [2.05, 4.69) is 5.32 Å². The van der Waals surface area contributed by atoms with E-state index in [4.69, 9.17) is 27.9 Å². The second-order valence-electron chi connectivity index (χ2n) is 4.45. The van der Waals surface area contributed by atoms with Crippen LogP contribution in [0.15, 0.2) is 12.1 Å². The molecule has 0 aromatic heterocycles. The van der Waals surface area contributed by atoms with Gasteiger partial charge in [0.1, 0.15) is 5.75 Å². The summed E-state index contributed by atoms with van der Waals surface area (Å²) in [4.78, 5) is 0. The first-order valence-electron chi connectivity index (χ1n) is 6.14. The molecule has 1 aromatic rings. The highest BCUT2D eigenvalue weighted by atomic mass is 35.5. The Bertz CT molecular complexity index is 422. The maximum absolute atomic E-state index is 9.27. The van der Waals surface area contributed by atoms with Crippen molar-refractivity contribution in [2.45, 2.75) is 31.8 Å². The Morgan fingerprint density at radius 2 is 2.28 bits per heavy atom. The first kappa shape index (κ1) is 13.9. The van der Waals surface area contributed by atoms with Crippen molar-refractivity contribution in [3.63, 3.8) is 0 Å². The van der Waals surface area contributed by atoms with Crippen LogP contribution < -0.4 is 10.1 Å². The van der Waals surface area contributed by atoms with Crippen LogP contribution in [0.2, 0.25) is 10.0 Å². The Morgan fingerprint density at radius 3 is 2.94 bits per heavy atom. The Kier molecular flexibility index (Phi) is 4.73. The Hall–Kier alpha value is -0.480. The monoisotopic (exact) mass is 289 g/mol. The summed E-state index contributed by atoms with van der Waals surface area (Å²) in [5, 5.41) is 13.8. The molecule has 1 heterocycles. The van der Waals surface area contributed by atoms with Crippen LogP contribution in [-0.2, 0) is 0 Å². The first-order chi connectivity index (χ1) is 8.65. The number of nitrogens with one attached hydrogen (secondary N) is 1. The number of ether oxygens (including phenoxy) is 1. The van der Waals surface area contributed by atoms with Crippen molar-refractivity contribution < 1.29 is 9.84 Å². The molecule has 1 aliphatic rings. The lowest BCUT2D eigenvalue weighted by atomic mass is 9.99. The molecule has 1 aliphatic heterocycles. The molecule has 0 bridgehead atoms. The third-order valence-electron chi connectivity index (χ3n) is 3.22. The van der Waals surface area contributed by atoms with Crippen LogP contribution in [0.5, 0.6) is 5.75 Å². The molecule has 0 amide bonds. The summed E-state index contributed by atoms with van der Waals surface area (Å²) in [5.74, 6) is 0.706. The van der Waals surface area contributed by atoms with Crippen molar-refractivity contribution in [1.29, 1.82) is 0 Å². The maximum atomic E-state index is 9.27. The van der Waals surface area contributed by atoms with Gasteiger partial charge in [-0.1, -0.05) is 30.1 Å². The summed E-state index contributed by atoms with van der Waals surface area (Å²) < 4.78 is 5.60. The molecule has 0 fully saturated rings. The Morgan fingerprint density at radius 1 is 1.50 bits per heavy atom. The van der Waals surface area contributed by atoms with Crippen LogP contribution in [0.25, 0.3) is 0 Å². The van der Waals surface area contributed by atoms with E-state index in [1.165, 1.54) is 0 Å². The fourth-order valence-corrected chi connectivity index (χ4v) is 2.75. The van der Waals surface area contributed by atoms with Gasteiger partial charge in [0, 0.05) is 29.1 Å². The molecule has 100 valence electrons. The average molecular weight is 290 g/mol. The lowest BCUT2D eigenvalue weighted by Gasteiger charge is -2.30. The van der Waals surface area contributed by atoms with Gasteiger partial charge in [0.25, 0.3) is 0 Å². The van der Waals surface area contributed by atoms with Gasteiger partial charge >= 0.3 is 0 Å². The molecule has 1 aromatic carbocycles. The van der Waals surface area contributed by atoms with E-state index in [0.29, 0.717) is 22.4 Å². The summed E-state index contributed by atoms with van der Waals surface area (Å²) in [6.45, 7) is 2.78. The largest absolute Gasteiger partial charge is 0.492 e. The molecular formula is C13H17Cl2NO2. The molecule has 2 N–H and O–H groups in total.